The molecule has 0 aliphatic carbocycles. The van der Waals surface area contributed by atoms with Gasteiger partial charge in [-0.15, -0.1) is 0 Å². The second-order valence-corrected chi connectivity index (χ2v) is 4.72. The Morgan fingerprint density at radius 3 is 2.55 bits per heavy atom. The average Bonchev–Trinajstić information content (AvgIpc) is 2.52. The lowest BCUT2D eigenvalue weighted by Crippen LogP contribution is -2.11. The van der Waals surface area contributed by atoms with Crippen LogP contribution in [-0.4, -0.2) is 18.1 Å². The largest absolute Gasteiger partial charge is 0.376 e. The maximum absolute atomic E-state index is 5.69. The lowest BCUT2D eigenvalue weighted by molar-refractivity contribution is 0.123. The van der Waals surface area contributed by atoms with Gasteiger partial charge in [0.05, 0.1) is 13.2 Å². The van der Waals surface area contributed by atoms with Crippen molar-refractivity contribution in [2.45, 2.75) is 26.5 Å². The van der Waals surface area contributed by atoms with E-state index in [1.165, 1.54) is 11.1 Å². The van der Waals surface area contributed by atoms with Gasteiger partial charge in [-0.2, -0.15) is 0 Å². The third kappa shape index (κ3) is 5.11. The first kappa shape index (κ1) is 14.7. The van der Waals surface area contributed by atoms with E-state index in [-0.39, 0.29) is 0 Å². The Morgan fingerprint density at radius 1 is 1.05 bits per heavy atom. The Balaban J connectivity index is 1.69. The highest BCUT2D eigenvalue weighted by molar-refractivity contribution is 5.21. The minimum atomic E-state index is 0.661. The predicted octanol–water partition coefficient (Wildman–Crippen LogP) is 2.95. The molecule has 2 rings (SSSR count). The molecule has 106 valence electrons. The van der Waals surface area contributed by atoms with Gasteiger partial charge in [0, 0.05) is 24.9 Å². The molecule has 0 radical (unpaired) electrons. The molecule has 0 unspecified atom stereocenters. The third-order valence-corrected chi connectivity index (χ3v) is 3.10. The standard InChI is InChI=1S/C17H22N2O/c1-2-18-13-15-6-8-16(9-7-15)14-20-12-10-17-5-3-4-11-19-17/h3-9,11,18H,2,10,12-14H2,1H3. The monoisotopic (exact) mass is 270 g/mol. The maximum atomic E-state index is 5.69. The zero-order valence-electron chi connectivity index (χ0n) is 12.0. The number of hydrogen-bond acceptors (Lipinski definition) is 3. The van der Waals surface area contributed by atoms with Crippen LogP contribution in [0.1, 0.15) is 23.7 Å². The fourth-order valence-corrected chi connectivity index (χ4v) is 1.94. The molecular weight excluding hydrogens is 248 g/mol. The fourth-order valence-electron chi connectivity index (χ4n) is 1.94. The molecule has 20 heavy (non-hydrogen) atoms. The molecule has 0 aliphatic heterocycles. The highest BCUT2D eigenvalue weighted by Gasteiger charge is 1.97. The Kier molecular flexibility index (Phi) is 6.21. The normalized spacial score (nSPS) is 10.7. The Labute approximate surface area is 121 Å². The van der Waals surface area contributed by atoms with Gasteiger partial charge in [-0.05, 0) is 29.8 Å². The summed E-state index contributed by atoms with van der Waals surface area (Å²) < 4.78 is 5.69. The van der Waals surface area contributed by atoms with E-state index in [2.05, 4.69) is 41.5 Å². The summed E-state index contributed by atoms with van der Waals surface area (Å²) in [4.78, 5) is 4.28. The highest BCUT2D eigenvalue weighted by atomic mass is 16.5. The predicted molar refractivity (Wildman–Crippen MR) is 81.4 cm³/mol. The molecular formula is C17H22N2O. The van der Waals surface area contributed by atoms with E-state index in [0.717, 1.165) is 25.2 Å². The summed E-state index contributed by atoms with van der Waals surface area (Å²) >= 11 is 0. The SMILES string of the molecule is CCNCc1ccc(COCCc2ccccn2)cc1. The van der Waals surface area contributed by atoms with Crippen LogP contribution >= 0.6 is 0 Å². The molecule has 0 atom stereocenters. The molecule has 1 aromatic heterocycles. The lowest BCUT2D eigenvalue weighted by Gasteiger charge is -2.06. The number of aromatic nitrogens is 1. The first-order chi connectivity index (χ1) is 9.88. The van der Waals surface area contributed by atoms with Gasteiger partial charge in [0.25, 0.3) is 0 Å². The maximum Gasteiger partial charge on any atom is 0.0717 e. The van der Waals surface area contributed by atoms with Crippen LogP contribution in [0, 0.1) is 0 Å². The minimum Gasteiger partial charge on any atom is -0.376 e. The molecule has 0 saturated heterocycles. The van der Waals surface area contributed by atoms with Crippen LogP contribution in [0.25, 0.3) is 0 Å². The molecule has 0 fully saturated rings. The van der Waals surface area contributed by atoms with Crippen LogP contribution in [0.3, 0.4) is 0 Å². The number of hydrogen-bond donors (Lipinski definition) is 1. The second-order valence-electron chi connectivity index (χ2n) is 4.72. The van der Waals surface area contributed by atoms with Gasteiger partial charge in [0.15, 0.2) is 0 Å². The summed E-state index contributed by atoms with van der Waals surface area (Å²) in [6.07, 6.45) is 2.68. The highest BCUT2D eigenvalue weighted by Crippen LogP contribution is 2.06. The summed E-state index contributed by atoms with van der Waals surface area (Å²) in [6, 6.07) is 14.5. The molecule has 0 bridgehead atoms. The second kappa shape index (κ2) is 8.46. The number of ether oxygens (including phenoxy) is 1. The quantitative estimate of drug-likeness (QED) is 0.749. The molecule has 1 N–H and O–H groups in total. The Bertz CT molecular complexity index is 482. The zero-order chi connectivity index (χ0) is 14.0. The Morgan fingerprint density at radius 2 is 1.85 bits per heavy atom. The molecule has 0 aliphatic rings. The van der Waals surface area contributed by atoms with E-state index >= 15 is 0 Å². The molecule has 1 heterocycles. The van der Waals surface area contributed by atoms with Gasteiger partial charge in [0.1, 0.15) is 0 Å². The van der Waals surface area contributed by atoms with Gasteiger partial charge in [-0.1, -0.05) is 37.3 Å². The first-order valence-corrected chi connectivity index (χ1v) is 7.14. The smallest absolute Gasteiger partial charge is 0.0717 e. The van der Waals surface area contributed by atoms with E-state index in [9.17, 15) is 0 Å². The van der Waals surface area contributed by atoms with Crippen molar-refractivity contribution in [3.8, 4) is 0 Å². The molecule has 3 heteroatoms. The van der Waals surface area contributed by atoms with Crippen molar-refractivity contribution in [3.63, 3.8) is 0 Å². The van der Waals surface area contributed by atoms with Crippen molar-refractivity contribution < 1.29 is 4.74 Å². The zero-order valence-corrected chi connectivity index (χ0v) is 12.0. The molecule has 0 saturated carbocycles. The van der Waals surface area contributed by atoms with Crippen molar-refractivity contribution in [3.05, 3.63) is 65.5 Å². The molecule has 3 nitrogen and oxygen atoms in total. The summed E-state index contributed by atoms with van der Waals surface area (Å²) in [6.45, 7) is 5.41. The number of rotatable bonds is 8. The van der Waals surface area contributed by atoms with Gasteiger partial charge < -0.3 is 10.1 Å². The first-order valence-electron chi connectivity index (χ1n) is 7.14. The van der Waals surface area contributed by atoms with Gasteiger partial charge >= 0.3 is 0 Å². The van der Waals surface area contributed by atoms with Gasteiger partial charge in [-0.3, -0.25) is 4.98 Å². The van der Waals surface area contributed by atoms with Gasteiger partial charge in [0.2, 0.25) is 0 Å². The molecule has 0 amide bonds. The van der Waals surface area contributed by atoms with E-state index in [4.69, 9.17) is 4.74 Å². The summed E-state index contributed by atoms with van der Waals surface area (Å²) in [7, 11) is 0. The fraction of sp³-hybridized carbons (Fsp3) is 0.353. The van der Waals surface area contributed by atoms with Crippen molar-refractivity contribution in [1.82, 2.24) is 10.3 Å². The minimum absolute atomic E-state index is 0.661. The van der Waals surface area contributed by atoms with E-state index in [1.807, 2.05) is 24.4 Å². The third-order valence-electron chi connectivity index (χ3n) is 3.10. The Hall–Kier alpha value is -1.71. The topological polar surface area (TPSA) is 34.1 Å². The van der Waals surface area contributed by atoms with Crippen LogP contribution in [0.5, 0.6) is 0 Å². The van der Waals surface area contributed by atoms with Crippen LogP contribution in [0.2, 0.25) is 0 Å². The van der Waals surface area contributed by atoms with Crippen molar-refractivity contribution in [1.29, 1.82) is 0 Å². The molecule has 0 spiro atoms. The van der Waals surface area contributed by atoms with E-state index in [1.54, 1.807) is 0 Å². The van der Waals surface area contributed by atoms with E-state index < -0.39 is 0 Å². The number of pyridine rings is 1. The summed E-state index contributed by atoms with van der Waals surface area (Å²) in [5.41, 5.74) is 3.60. The van der Waals surface area contributed by atoms with Gasteiger partial charge in [-0.25, -0.2) is 0 Å². The lowest BCUT2D eigenvalue weighted by atomic mass is 10.1. The van der Waals surface area contributed by atoms with Crippen LogP contribution in [-0.2, 0) is 24.3 Å². The molecule has 2 aromatic rings. The number of nitrogens with zero attached hydrogens (tertiary/aromatic N) is 1. The van der Waals surface area contributed by atoms with Crippen molar-refractivity contribution in [2.75, 3.05) is 13.2 Å². The van der Waals surface area contributed by atoms with E-state index in [0.29, 0.717) is 13.2 Å². The van der Waals surface area contributed by atoms with Crippen LogP contribution < -0.4 is 5.32 Å². The molecule has 1 aromatic carbocycles. The van der Waals surface area contributed by atoms with Crippen molar-refractivity contribution >= 4 is 0 Å². The number of nitrogens with one attached hydrogen (secondary N) is 1. The van der Waals surface area contributed by atoms with Crippen LogP contribution in [0.15, 0.2) is 48.7 Å². The summed E-state index contributed by atoms with van der Waals surface area (Å²) in [5, 5.41) is 3.32. The summed E-state index contributed by atoms with van der Waals surface area (Å²) in [5.74, 6) is 0. The van der Waals surface area contributed by atoms with Crippen LogP contribution in [0.4, 0.5) is 0 Å². The average molecular weight is 270 g/mol. The van der Waals surface area contributed by atoms with Crippen molar-refractivity contribution in [2.24, 2.45) is 0 Å². The number of benzene rings is 1.